The average molecular weight is 240 g/mol. The summed E-state index contributed by atoms with van der Waals surface area (Å²) >= 11 is 0. The van der Waals surface area contributed by atoms with Crippen molar-refractivity contribution in [3.63, 3.8) is 0 Å². The Hall–Kier alpha value is -0.870. The monoisotopic (exact) mass is 240 g/mol. The molecule has 0 aromatic rings. The first kappa shape index (κ1) is 12.6. The van der Waals surface area contributed by atoms with Crippen molar-refractivity contribution in [1.82, 2.24) is 0 Å². The van der Waals surface area contributed by atoms with Gasteiger partial charge in [0.25, 0.3) is 0 Å². The number of hydrogen-bond acceptors (Lipinski definition) is 3. The van der Waals surface area contributed by atoms with Gasteiger partial charge in [0.1, 0.15) is 0 Å². The lowest BCUT2D eigenvalue weighted by Gasteiger charge is -2.25. The van der Waals surface area contributed by atoms with Crippen LogP contribution in [-0.2, 0) is 9.53 Å². The summed E-state index contributed by atoms with van der Waals surface area (Å²) in [7, 11) is 0. The number of allylic oxidation sites excluding steroid dienone is 2. The van der Waals surface area contributed by atoms with Gasteiger partial charge >= 0.3 is 5.97 Å². The van der Waals surface area contributed by atoms with Crippen molar-refractivity contribution in [1.29, 1.82) is 0 Å². The van der Waals surface area contributed by atoms with Gasteiger partial charge in [-0.15, -0.1) is 0 Å². The Morgan fingerprint density at radius 3 is 2.59 bits per heavy atom. The van der Waals surface area contributed by atoms with Crippen LogP contribution in [0.2, 0.25) is 0 Å². The molecule has 0 aliphatic carbocycles. The average Bonchev–Trinajstić information content (AvgIpc) is 2.88. The summed E-state index contributed by atoms with van der Waals surface area (Å²) in [6.07, 6.45) is 8.38. The highest BCUT2D eigenvalue weighted by molar-refractivity contribution is 5.66. The zero-order valence-electron chi connectivity index (χ0n) is 9.92. The molecule has 0 saturated carbocycles. The zero-order chi connectivity index (χ0) is 12.3. The summed E-state index contributed by atoms with van der Waals surface area (Å²) in [5.41, 5.74) is 0. The van der Waals surface area contributed by atoms with Crippen LogP contribution in [0.3, 0.4) is 0 Å². The largest absolute Gasteiger partial charge is 0.481 e. The minimum absolute atomic E-state index is 0.188. The van der Waals surface area contributed by atoms with Gasteiger partial charge in [-0.1, -0.05) is 12.2 Å². The summed E-state index contributed by atoms with van der Waals surface area (Å²) in [5.74, 6) is -0.0659. The number of aliphatic hydroxyl groups excluding tert-OH is 1. The Balaban J connectivity index is 1.76. The van der Waals surface area contributed by atoms with Crippen LogP contribution in [0, 0.1) is 11.8 Å². The van der Waals surface area contributed by atoms with Crippen LogP contribution in [0.1, 0.15) is 32.1 Å². The maximum atomic E-state index is 10.3. The fourth-order valence-electron chi connectivity index (χ4n) is 3.03. The Morgan fingerprint density at radius 2 is 1.94 bits per heavy atom. The lowest BCUT2D eigenvalue weighted by molar-refractivity contribution is -0.136. The van der Waals surface area contributed by atoms with Gasteiger partial charge in [0.05, 0.1) is 12.2 Å². The first-order chi connectivity index (χ1) is 8.22. The molecule has 96 valence electrons. The highest BCUT2D eigenvalue weighted by Crippen LogP contribution is 2.44. The summed E-state index contributed by atoms with van der Waals surface area (Å²) in [6.45, 7) is 0.203. The van der Waals surface area contributed by atoms with Crippen molar-refractivity contribution in [3.05, 3.63) is 12.2 Å². The molecule has 4 atom stereocenters. The third kappa shape index (κ3) is 2.87. The van der Waals surface area contributed by atoms with E-state index in [2.05, 4.69) is 0 Å². The van der Waals surface area contributed by atoms with E-state index in [0.29, 0.717) is 18.4 Å². The molecule has 4 heteroatoms. The molecule has 0 aromatic carbocycles. The third-order valence-electron chi connectivity index (χ3n) is 3.90. The molecule has 2 aliphatic rings. The number of aliphatic hydroxyl groups is 1. The minimum Gasteiger partial charge on any atom is -0.481 e. The molecule has 17 heavy (non-hydrogen) atoms. The van der Waals surface area contributed by atoms with E-state index in [1.54, 1.807) is 0 Å². The maximum Gasteiger partial charge on any atom is 0.303 e. The van der Waals surface area contributed by atoms with Crippen LogP contribution in [-0.4, -0.2) is 35.0 Å². The molecular weight excluding hydrogens is 220 g/mol. The van der Waals surface area contributed by atoms with Gasteiger partial charge in [-0.2, -0.15) is 0 Å². The minimum atomic E-state index is -0.758. The number of rotatable bonds is 6. The van der Waals surface area contributed by atoms with Crippen LogP contribution < -0.4 is 0 Å². The summed E-state index contributed by atoms with van der Waals surface area (Å²) in [4.78, 5) is 10.3. The summed E-state index contributed by atoms with van der Waals surface area (Å²) in [6, 6.07) is 0. The molecule has 2 bridgehead atoms. The van der Waals surface area contributed by atoms with Crippen LogP contribution in [0.4, 0.5) is 0 Å². The van der Waals surface area contributed by atoms with E-state index in [0.717, 1.165) is 19.3 Å². The smallest absolute Gasteiger partial charge is 0.303 e. The number of ether oxygens (including phenoxy) is 1. The SMILES string of the molecule is O=C(O)CCC=CC[C@H]1[C@@H](CO)[C@@H]2CC[C@H]1O2. The molecular formula is C13H20O4. The standard InChI is InChI=1S/C13H20O4/c14-8-10-9(11-6-7-12(10)17-11)4-2-1-3-5-13(15)16/h1-2,9-12,14H,3-8H2,(H,15,16)/t9-,10+,11+,12-/m0/s1. The van der Waals surface area contributed by atoms with Gasteiger partial charge in [-0.05, 0) is 31.6 Å². The Labute approximate surface area is 101 Å². The van der Waals surface area contributed by atoms with Crippen LogP contribution in [0.5, 0.6) is 0 Å². The van der Waals surface area contributed by atoms with E-state index in [1.165, 1.54) is 0 Å². The van der Waals surface area contributed by atoms with Gasteiger partial charge in [-0.25, -0.2) is 0 Å². The third-order valence-corrected chi connectivity index (χ3v) is 3.90. The highest BCUT2D eigenvalue weighted by atomic mass is 16.5. The first-order valence-corrected chi connectivity index (χ1v) is 6.35. The van der Waals surface area contributed by atoms with Crippen molar-refractivity contribution in [2.75, 3.05) is 6.61 Å². The van der Waals surface area contributed by atoms with E-state index < -0.39 is 5.97 Å². The number of carboxylic acid groups (broad SMARTS) is 1. The van der Waals surface area contributed by atoms with Crippen molar-refractivity contribution in [2.45, 2.75) is 44.3 Å². The molecule has 4 nitrogen and oxygen atoms in total. The van der Waals surface area contributed by atoms with E-state index in [1.807, 2.05) is 12.2 Å². The van der Waals surface area contributed by atoms with Crippen molar-refractivity contribution in [2.24, 2.45) is 11.8 Å². The molecule has 2 aliphatic heterocycles. The molecule has 2 N–H and O–H groups in total. The maximum absolute atomic E-state index is 10.3. The van der Waals surface area contributed by atoms with Crippen LogP contribution in [0.25, 0.3) is 0 Å². The van der Waals surface area contributed by atoms with E-state index in [9.17, 15) is 9.90 Å². The van der Waals surface area contributed by atoms with Gasteiger partial charge in [-0.3, -0.25) is 4.79 Å². The molecule has 0 aromatic heterocycles. The Morgan fingerprint density at radius 1 is 1.24 bits per heavy atom. The normalized spacial score (nSPS) is 35.8. The van der Waals surface area contributed by atoms with Gasteiger partial charge in [0, 0.05) is 18.9 Å². The topological polar surface area (TPSA) is 66.8 Å². The summed E-state index contributed by atoms with van der Waals surface area (Å²) < 4.78 is 5.80. The van der Waals surface area contributed by atoms with Crippen molar-refractivity contribution >= 4 is 5.97 Å². The zero-order valence-corrected chi connectivity index (χ0v) is 9.92. The number of carboxylic acids is 1. The second-order valence-electron chi connectivity index (χ2n) is 4.94. The Kier molecular flexibility index (Phi) is 4.18. The number of aliphatic carboxylic acids is 1. The molecule has 0 spiro atoms. The fourth-order valence-corrected chi connectivity index (χ4v) is 3.03. The number of carbonyl (C=O) groups is 1. The van der Waals surface area contributed by atoms with Crippen LogP contribution >= 0.6 is 0 Å². The van der Waals surface area contributed by atoms with Gasteiger partial charge < -0.3 is 14.9 Å². The molecule has 2 heterocycles. The molecule has 2 fully saturated rings. The highest BCUT2D eigenvalue weighted by Gasteiger charge is 2.47. The fraction of sp³-hybridized carbons (Fsp3) is 0.769. The molecule has 2 saturated heterocycles. The summed E-state index contributed by atoms with van der Waals surface area (Å²) in [5, 5.41) is 17.9. The first-order valence-electron chi connectivity index (χ1n) is 6.35. The predicted molar refractivity (Wildman–Crippen MR) is 62.6 cm³/mol. The second-order valence-corrected chi connectivity index (χ2v) is 4.94. The lowest BCUT2D eigenvalue weighted by Crippen LogP contribution is -2.29. The molecule has 0 unspecified atom stereocenters. The van der Waals surface area contributed by atoms with Gasteiger partial charge in [0.2, 0.25) is 0 Å². The van der Waals surface area contributed by atoms with E-state index >= 15 is 0 Å². The molecule has 0 amide bonds. The van der Waals surface area contributed by atoms with E-state index in [4.69, 9.17) is 9.84 Å². The predicted octanol–water partition coefficient (Wildman–Crippen LogP) is 1.58. The molecule has 2 rings (SSSR count). The Bertz CT molecular complexity index is 300. The number of fused-ring (bicyclic) bond motifs is 2. The molecule has 0 radical (unpaired) electrons. The van der Waals surface area contributed by atoms with E-state index in [-0.39, 0.29) is 25.0 Å². The number of hydrogen-bond donors (Lipinski definition) is 2. The van der Waals surface area contributed by atoms with Crippen LogP contribution in [0.15, 0.2) is 12.2 Å². The second kappa shape index (κ2) is 5.65. The van der Waals surface area contributed by atoms with Crippen molar-refractivity contribution in [3.8, 4) is 0 Å². The quantitative estimate of drug-likeness (QED) is 0.692. The lowest BCUT2D eigenvalue weighted by atomic mass is 9.78. The van der Waals surface area contributed by atoms with Crippen molar-refractivity contribution < 1.29 is 19.7 Å². The van der Waals surface area contributed by atoms with Gasteiger partial charge in [0.15, 0.2) is 0 Å².